The van der Waals surface area contributed by atoms with Crippen molar-refractivity contribution in [3.63, 3.8) is 0 Å². The van der Waals surface area contributed by atoms with E-state index in [1.165, 1.54) is 17.0 Å². The molecule has 1 saturated heterocycles. The molecule has 2 aliphatic rings. The number of aromatic nitrogens is 3. The Labute approximate surface area is 224 Å². The van der Waals surface area contributed by atoms with Gasteiger partial charge >= 0.3 is 6.09 Å². The van der Waals surface area contributed by atoms with E-state index < -0.39 is 16.1 Å². The number of sulfonamides is 1. The Balaban J connectivity index is 1.20. The van der Waals surface area contributed by atoms with E-state index in [1.54, 1.807) is 18.3 Å². The van der Waals surface area contributed by atoms with Gasteiger partial charge in [-0.05, 0) is 44.6 Å². The molecule has 0 aromatic carbocycles. The molecule has 1 amide bonds. The monoisotopic (exact) mass is 565 g/mol. The number of hydrogen-bond acceptors (Lipinski definition) is 11. The van der Waals surface area contributed by atoms with Crippen molar-refractivity contribution in [3.8, 4) is 0 Å². The number of ether oxygens (including phenoxy) is 1. The van der Waals surface area contributed by atoms with E-state index >= 15 is 0 Å². The Morgan fingerprint density at radius 2 is 1.92 bits per heavy atom. The first-order valence-electron chi connectivity index (χ1n) is 12.2. The van der Waals surface area contributed by atoms with E-state index in [-0.39, 0.29) is 15.4 Å². The molecule has 0 spiro atoms. The van der Waals surface area contributed by atoms with Crippen molar-refractivity contribution >= 4 is 60.0 Å². The molecular weight excluding hydrogens is 534 g/mol. The first-order chi connectivity index (χ1) is 17.7. The fourth-order valence-electron chi connectivity index (χ4n) is 4.42. The van der Waals surface area contributed by atoms with Gasteiger partial charge in [-0.1, -0.05) is 11.3 Å². The van der Waals surface area contributed by atoms with Gasteiger partial charge in [-0.2, -0.15) is 4.31 Å². The van der Waals surface area contributed by atoms with Crippen LogP contribution in [0.3, 0.4) is 0 Å². The van der Waals surface area contributed by atoms with E-state index in [1.807, 2.05) is 0 Å². The number of amides is 1. The van der Waals surface area contributed by atoms with Crippen molar-refractivity contribution in [2.45, 2.75) is 49.8 Å². The third-order valence-corrected chi connectivity index (χ3v) is 11.2. The van der Waals surface area contributed by atoms with Crippen molar-refractivity contribution in [1.82, 2.24) is 24.2 Å². The molecule has 5 rings (SSSR count). The number of fused-ring (bicyclic) bond motifs is 1. The predicted molar refractivity (Wildman–Crippen MR) is 145 cm³/mol. The van der Waals surface area contributed by atoms with Crippen LogP contribution in [0.5, 0.6) is 0 Å². The van der Waals surface area contributed by atoms with Crippen molar-refractivity contribution in [2.75, 3.05) is 50.5 Å². The van der Waals surface area contributed by atoms with Gasteiger partial charge in [0.05, 0.1) is 23.0 Å². The van der Waals surface area contributed by atoms with Crippen LogP contribution < -0.4 is 10.6 Å². The molecule has 1 aliphatic carbocycles. The predicted octanol–water partition coefficient (Wildman–Crippen LogP) is 3.63. The summed E-state index contributed by atoms with van der Waals surface area (Å²) in [5.74, 6) is 2.31. The van der Waals surface area contributed by atoms with Gasteiger partial charge in [-0.3, -0.25) is 10.2 Å². The van der Waals surface area contributed by atoms with Crippen LogP contribution in [0, 0.1) is 13.8 Å². The van der Waals surface area contributed by atoms with Crippen LogP contribution in [-0.4, -0.2) is 84.5 Å². The third kappa shape index (κ3) is 5.58. The Morgan fingerprint density at radius 1 is 1.19 bits per heavy atom. The topological polar surface area (TPSA) is 130 Å². The van der Waals surface area contributed by atoms with Crippen molar-refractivity contribution in [2.24, 2.45) is 0 Å². The Hall–Kier alpha value is -2.39. The van der Waals surface area contributed by atoms with E-state index in [0.29, 0.717) is 37.8 Å². The molecule has 37 heavy (non-hydrogen) atoms. The summed E-state index contributed by atoms with van der Waals surface area (Å²) in [5.41, 5.74) is 2.59. The molecule has 1 saturated carbocycles. The van der Waals surface area contributed by atoms with Crippen LogP contribution in [0.25, 0.3) is 10.2 Å². The lowest BCUT2D eigenvalue weighted by Gasteiger charge is -2.35. The van der Waals surface area contributed by atoms with Gasteiger partial charge in [0.2, 0.25) is 0 Å². The minimum Gasteiger partial charge on any atom is -0.453 e. The first kappa shape index (κ1) is 26.2. The molecule has 14 heteroatoms. The van der Waals surface area contributed by atoms with Crippen LogP contribution in [0.2, 0.25) is 0 Å². The summed E-state index contributed by atoms with van der Waals surface area (Å²) in [6.45, 7) is 8.65. The molecule has 2 fully saturated rings. The molecule has 1 aliphatic heterocycles. The SMILES string of the molecule is COC(=O)Nc1nc(C)c(S(=O)(=O)N2CCN(C[C@H](C)Nc3nc(C4CC4)nc4c(C)csc34)CC2)s1. The van der Waals surface area contributed by atoms with Gasteiger partial charge in [-0.25, -0.2) is 28.2 Å². The summed E-state index contributed by atoms with van der Waals surface area (Å²) in [6, 6.07) is 0.131. The molecule has 2 N–H and O–H groups in total. The van der Waals surface area contributed by atoms with Gasteiger partial charge in [0.15, 0.2) is 9.34 Å². The molecule has 3 aromatic heterocycles. The number of piperazine rings is 1. The second-order valence-electron chi connectivity index (χ2n) is 9.56. The largest absolute Gasteiger partial charge is 0.453 e. The van der Waals surface area contributed by atoms with Crippen LogP contribution >= 0.6 is 22.7 Å². The second-order valence-corrected chi connectivity index (χ2v) is 13.6. The summed E-state index contributed by atoms with van der Waals surface area (Å²) in [4.78, 5) is 27.6. The lowest BCUT2D eigenvalue weighted by molar-refractivity contribution is 0.184. The highest BCUT2D eigenvalue weighted by molar-refractivity contribution is 7.91. The summed E-state index contributed by atoms with van der Waals surface area (Å²) in [5, 5.41) is 8.37. The molecular formula is C23H31N7O4S3. The highest BCUT2D eigenvalue weighted by atomic mass is 32.2. The van der Waals surface area contributed by atoms with Gasteiger partial charge in [0.25, 0.3) is 10.0 Å². The number of carbonyl (C=O) groups excluding carboxylic acids is 1. The molecule has 11 nitrogen and oxygen atoms in total. The highest BCUT2D eigenvalue weighted by Gasteiger charge is 2.33. The van der Waals surface area contributed by atoms with Gasteiger partial charge in [0, 0.05) is 44.7 Å². The van der Waals surface area contributed by atoms with Gasteiger partial charge < -0.3 is 10.1 Å². The maximum Gasteiger partial charge on any atom is 0.413 e. The molecule has 0 bridgehead atoms. The summed E-state index contributed by atoms with van der Waals surface area (Å²) in [7, 11) is -2.46. The molecule has 1 atom stereocenters. The number of anilines is 2. The normalized spacial score (nSPS) is 18.2. The Bertz CT molecular complexity index is 1410. The first-order valence-corrected chi connectivity index (χ1v) is 15.4. The van der Waals surface area contributed by atoms with Crippen molar-refractivity contribution in [3.05, 3.63) is 22.5 Å². The molecule has 0 radical (unpaired) electrons. The standard InChI is InChI=1S/C23H31N7O4S3/c1-13-12-35-18-17(13)26-19(16-5-6-16)27-20(18)24-14(2)11-29-7-9-30(10-8-29)37(32,33)21-15(3)25-22(36-21)28-23(31)34-4/h12,14,16H,5-11H2,1-4H3,(H,24,26,27)(H,25,28,31)/t14-/m0/s1. The number of thiazole rings is 1. The van der Waals surface area contributed by atoms with Gasteiger partial charge in [-0.15, -0.1) is 11.3 Å². The van der Waals surface area contributed by atoms with Crippen LogP contribution in [0.4, 0.5) is 15.7 Å². The van der Waals surface area contributed by atoms with E-state index in [9.17, 15) is 13.2 Å². The number of rotatable bonds is 8. The molecule has 4 heterocycles. The average molecular weight is 566 g/mol. The van der Waals surface area contributed by atoms with E-state index in [0.717, 1.165) is 52.6 Å². The Morgan fingerprint density at radius 3 is 2.59 bits per heavy atom. The zero-order chi connectivity index (χ0) is 26.3. The van der Waals surface area contributed by atoms with E-state index in [2.05, 4.69) is 44.5 Å². The summed E-state index contributed by atoms with van der Waals surface area (Å²) < 4.78 is 33.8. The lowest BCUT2D eigenvalue weighted by atomic mass is 10.2. The zero-order valence-corrected chi connectivity index (χ0v) is 23.7. The van der Waals surface area contributed by atoms with E-state index in [4.69, 9.17) is 9.97 Å². The number of aryl methyl sites for hydroxylation is 2. The zero-order valence-electron chi connectivity index (χ0n) is 21.3. The van der Waals surface area contributed by atoms with Gasteiger partial charge in [0.1, 0.15) is 11.6 Å². The number of carbonyl (C=O) groups is 1. The minimum absolute atomic E-state index is 0.131. The number of thiophene rings is 1. The number of hydrogen-bond donors (Lipinski definition) is 2. The Kier molecular flexibility index (Phi) is 7.38. The lowest BCUT2D eigenvalue weighted by Crippen LogP contribution is -2.50. The molecule has 3 aromatic rings. The van der Waals surface area contributed by atoms with Crippen LogP contribution in [-0.2, 0) is 14.8 Å². The fourth-order valence-corrected chi connectivity index (χ4v) is 8.32. The molecule has 200 valence electrons. The van der Waals surface area contributed by atoms with Crippen molar-refractivity contribution in [1.29, 1.82) is 0 Å². The maximum absolute atomic E-state index is 13.3. The highest BCUT2D eigenvalue weighted by Crippen LogP contribution is 2.41. The quantitative estimate of drug-likeness (QED) is 0.421. The molecule has 0 unspecified atom stereocenters. The van der Waals surface area contributed by atoms with Crippen LogP contribution in [0.1, 0.15) is 42.8 Å². The fraction of sp³-hybridized carbons (Fsp3) is 0.565. The van der Waals surface area contributed by atoms with Crippen molar-refractivity contribution < 1.29 is 17.9 Å². The average Bonchev–Trinajstić information content (AvgIpc) is 3.55. The smallest absolute Gasteiger partial charge is 0.413 e. The summed E-state index contributed by atoms with van der Waals surface area (Å²) in [6.07, 6.45) is 1.62. The minimum atomic E-state index is -3.70. The number of nitrogens with zero attached hydrogens (tertiary/aromatic N) is 5. The summed E-state index contributed by atoms with van der Waals surface area (Å²) >= 11 is 2.61. The number of nitrogens with one attached hydrogen (secondary N) is 2. The van der Waals surface area contributed by atoms with Crippen LogP contribution in [0.15, 0.2) is 9.59 Å². The third-order valence-electron chi connectivity index (χ3n) is 6.52. The number of methoxy groups -OCH3 is 1. The second kappa shape index (κ2) is 10.4. The maximum atomic E-state index is 13.3.